The molecule has 0 heterocycles. The average molecular weight is 157 g/mol. The van der Waals surface area contributed by atoms with Crippen LogP contribution in [0, 0.1) is 17.2 Å². The van der Waals surface area contributed by atoms with E-state index in [4.69, 9.17) is 15.5 Å². The number of nitrogens with zero attached hydrogens (tertiary/aromatic N) is 1. The molecule has 60 valence electrons. The second kappa shape index (κ2) is 3.68. The average Bonchev–Trinajstić information content (AvgIpc) is 1.88. The zero-order valence-corrected chi connectivity index (χ0v) is 5.81. The van der Waals surface area contributed by atoms with Crippen molar-refractivity contribution in [3.8, 4) is 6.07 Å². The first kappa shape index (κ1) is 9.59. The van der Waals surface area contributed by atoms with E-state index in [0.29, 0.717) is 0 Å². The number of rotatable bonds is 3. The molecular formula is C6H7NO4. The van der Waals surface area contributed by atoms with Gasteiger partial charge in [-0.15, -0.1) is 0 Å². The van der Waals surface area contributed by atoms with Gasteiger partial charge in [-0.05, 0) is 6.92 Å². The van der Waals surface area contributed by atoms with E-state index in [1.807, 2.05) is 0 Å². The first-order valence-electron chi connectivity index (χ1n) is 2.85. The third kappa shape index (κ3) is 2.35. The van der Waals surface area contributed by atoms with E-state index in [-0.39, 0.29) is 0 Å². The van der Waals surface area contributed by atoms with Crippen LogP contribution in [0.3, 0.4) is 0 Å². The summed E-state index contributed by atoms with van der Waals surface area (Å²) in [5.74, 6) is -4.27. The smallest absolute Gasteiger partial charge is 0.328 e. The minimum Gasteiger partial charge on any atom is -0.480 e. The molecule has 0 aliphatic rings. The van der Waals surface area contributed by atoms with E-state index in [1.165, 1.54) is 6.07 Å². The van der Waals surface area contributed by atoms with E-state index in [9.17, 15) is 9.59 Å². The van der Waals surface area contributed by atoms with Crippen molar-refractivity contribution in [3.63, 3.8) is 0 Å². The van der Waals surface area contributed by atoms with E-state index in [1.54, 1.807) is 0 Å². The Hall–Kier alpha value is -1.41. The summed E-state index contributed by atoms with van der Waals surface area (Å²) in [5, 5.41) is 25.0. The molecule has 0 amide bonds. The molecule has 0 aromatic rings. The molecule has 0 aliphatic carbocycles. The molecule has 2 N–H and O–H groups in total. The number of hydrogen-bond acceptors (Lipinski definition) is 4. The summed E-state index contributed by atoms with van der Waals surface area (Å²) in [6.45, 7) is 1.12. The molecule has 11 heavy (non-hydrogen) atoms. The van der Waals surface area contributed by atoms with Crippen molar-refractivity contribution >= 4 is 11.8 Å². The van der Waals surface area contributed by atoms with Crippen LogP contribution in [-0.4, -0.2) is 28.1 Å². The number of nitriles is 1. The fourth-order valence-electron chi connectivity index (χ4n) is 0.482. The van der Waals surface area contributed by atoms with Gasteiger partial charge < -0.3 is 10.2 Å². The summed E-state index contributed by atoms with van der Waals surface area (Å²) >= 11 is 0. The first-order valence-corrected chi connectivity index (χ1v) is 2.85. The highest BCUT2D eigenvalue weighted by Gasteiger charge is 2.28. The number of hydrogen-bond donors (Lipinski definition) is 2. The molecule has 0 bridgehead atoms. The maximum absolute atomic E-state index is 10.7. The second-order valence-electron chi connectivity index (χ2n) is 1.98. The number of carbonyl (C=O) groups is 2. The fraction of sp³-hybridized carbons (Fsp3) is 0.500. The van der Waals surface area contributed by atoms with Crippen LogP contribution in [0.4, 0.5) is 0 Å². The van der Waals surface area contributed by atoms with Crippen molar-refractivity contribution in [3.05, 3.63) is 0 Å². The van der Waals surface area contributed by atoms with E-state index in [2.05, 4.69) is 0 Å². The van der Waals surface area contributed by atoms with Crippen LogP contribution in [0.15, 0.2) is 0 Å². The molecule has 0 rings (SSSR count). The van der Waals surface area contributed by atoms with Crippen molar-refractivity contribution in [1.29, 1.82) is 5.26 Å². The number of aliphatic hydroxyl groups is 1. The van der Waals surface area contributed by atoms with Gasteiger partial charge in [-0.25, -0.2) is 0 Å². The molecule has 0 aromatic carbocycles. The van der Waals surface area contributed by atoms with Crippen molar-refractivity contribution in [1.82, 2.24) is 0 Å². The number of aliphatic hydroxyl groups excluding tert-OH is 1. The third-order valence-electron chi connectivity index (χ3n) is 1.07. The fourth-order valence-corrected chi connectivity index (χ4v) is 0.482. The SMILES string of the molecule is CC(O)C(=O)C(C#N)C(=O)O. The highest BCUT2D eigenvalue weighted by Crippen LogP contribution is 2.00. The van der Waals surface area contributed by atoms with Crippen LogP contribution in [0.25, 0.3) is 0 Å². The monoisotopic (exact) mass is 157 g/mol. The Morgan fingerprint density at radius 2 is 2.00 bits per heavy atom. The van der Waals surface area contributed by atoms with Gasteiger partial charge in [0.2, 0.25) is 5.92 Å². The van der Waals surface area contributed by atoms with Crippen molar-refractivity contribution in [2.45, 2.75) is 13.0 Å². The lowest BCUT2D eigenvalue weighted by Gasteiger charge is -2.03. The number of aliphatic carboxylic acids is 1. The molecule has 0 aromatic heterocycles. The number of carbonyl (C=O) groups excluding carboxylic acids is 1. The largest absolute Gasteiger partial charge is 0.480 e. The van der Waals surface area contributed by atoms with E-state index >= 15 is 0 Å². The highest BCUT2D eigenvalue weighted by molar-refractivity contribution is 6.02. The number of carboxylic acids is 1. The molecule has 2 atom stereocenters. The molecule has 0 saturated heterocycles. The quantitative estimate of drug-likeness (QED) is 0.520. The molecule has 5 nitrogen and oxygen atoms in total. The van der Waals surface area contributed by atoms with Crippen molar-refractivity contribution in [2.75, 3.05) is 0 Å². The molecule has 5 heteroatoms. The van der Waals surface area contributed by atoms with Gasteiger partial charge >= 0.3 is 5.97 Å². The van der Waals surface area contributed by atoms with Gasteiger partial charge in [-0.1, -0.05) is 0 Å². The highest BCUT2D eigenvalue weighted by atomic mass is 16.4. The third-order valence-corrected chi connectivity index (χ3v) is 1.07. The molecular weight excluding hydrogens is 150 g/mol. The first-order chi connectivity index (χ1) is 5.00. The summed E-state index contributed by atoms with van der Waals surface area (Å²) in [4.78, 5) is 20.8. The van der Waals surface area contributed by atoms with Crippen molar-refractivity contribution < 1.29 is 19.8 Å². The summed E-state index contributed by atoms with van der Waals surface area (Å²) in [6, 6.07) is 1.27. The van der Waals surface area contributed by atoms with Crippen LogP contribution >= 0.6 is 0 Å². The minimum atomic E-state index is -1.75. The molecule has 0 aliphatic heterocycles. The Morgan fingerprint density at radius 1 is 1.55 bits per heavy atom. The van der Waals surface area contributed by atoms with Crippen LogP contribution < -0.4 is 0 Å². The Kier molecular flexibility index (Phi) is 3.21. The lowest BCUT2D eigenvalue weighted by molar-refractivity contribution is -0.146. The Morgan fingerprint density at radius 3 is 2.09 bits per heavy atom. The topological polar surface area (TPSA) is 98.4 Å². The van der Waals surface area contributed by atoms with Crippen LogP contribution in [0.1, 0.15) is 6.92 Å². The predicted octanol–water partition coefficient (Wildman–Crippen LogP) is -0.839. The normalized spacial score (nSPS) is 14.6. The lowest BCUT2D eigenvalue weighted by Crippen LogP contribution is -2.30. The molecule has 0 fully saturated rings. The van der Waals surface area contributed by atoms with Gasteiger partial charge in [-0.2, -0.15) is 5.26 Å². The standard InChI is InChI=1S/C6H7NO4/c1-3(8)5(9)4(2-7)6(10)11/h3-4,8H,1H3,(H,10,11). The van der Waals surface area contributed by atoms with Crippen LogP contribution in [0.5, 0.6) is 0 Å². The maximum Gasteiger partial charge on any atom is 0.328 e. The van der Waals surface area contributed by atoms with E-state index < -0.39 is 23.8 Å². The van der Waals surface area contributed by atoms with Gasteiger partial charge in [0.1, 0.15) is 6.10 Å². The summed E-state index contributed by atoms with van der Waals surface area (Å²) in [6.07, 6.45) is -1.41. The summed E-state index contributed by atoms with van der Waals surface area (Å²) < 4.78 is 0. The summed E-state index contributed by atoms with van der Waals surface area (Å²) in [7, 11) is 0. The van der Waals surface area contributed by atoms with Gasteiger partial charge in [0.15, 0.2) is 5.78 Å². The van der Waals surface area contributed by atoms with Gasteiger partial charge in [-0.3, -0.25) is 9.59 Å². The minimum absolute atomic E-state index is 0.986. The number of ketones is 1. The Bertz CT molecular complexity index is 215. The van der Waals surface area contributed by atoms with Gasteiger partial charge in [0, 0.05) is 0 Å². The zero-order valence-electron chi connectivity index (χ0n) is 5.81. The van der Waals surface area contributed by atoms with E-state index in [0.717, 1.165) is 6.92 Å². The Balaban J connectivity index is 4.43. The number of Topliss-reactive ketones (excluding diaryl/α,β-unsaturated/α-hetero) is 1. The van der Waals surface area contributed by atoms with Gasteiger partial charge in [0.05, 0.1) is 6.07 Å². The second-order valence-corrected chi connectivity index (χ2v) is 1.98. The maximum atomic E-state index is 10.7. The number of carboxylic acid groups (broad SMARTS) is 1. The lowest BCUT2D eigenvalue weighted by atomic mass is 10.0. The van der Waals surface area contributed by atoms with Crippen LogP contribution in [-0.2, 0) is 9.59 Å². The van der Waals surface area contributed by atoms with Crippen LogP contribution in [0.2, 0.25) is 0 Å². The van der Waals surface area contributed by atoms with Gasteiger partial charge in [0.25, 0.3) is 0 Å². The van der Waals surface area contributed by atoms with Crippen molar-refractivity contribution in [2.24, 2.45) is 5.92 Å². The molecule has 0 saturated carbocycles. The molecule has 0 spiro atoms. The molecule has 0 radical (unpaired) electrons. The predicted molar refractivity (Wildman–Crippen MR) is 33.4 cm³/mol. The zero-order chi connectivity index (χ0) is 9.02. The Labute approximate surface area is 62.9 Å². The molecule has 2 unspecified atom stereocenters. The summed E-state index contributed by atoms with van der Waals surface area (Å²) in [5.41, 5.74) is 0.